The van der Waals surface area contributed by atoms with Gasteiger partial charge in [-0.3, -0.25) is 0 Å². The Morgan fingerprint density at radius 2 is 1.96 bits per heavy atom. The zero-order valence-electron chi connectivity index (χ0n) is 15.0. The van der Waals surface area contributed by atoms with Crippen LogP contribution in [0.1, 0.15) is 41.5 Å². The highest BCUT2D eigenvalue weighted by Crippen LogP contribution is 2.71. The number of carbonyl (C=O) groups excluding carboxylic acids is 1. The van der Waals surface area contributed by atoms with Crippen LogP contribution in [0.25, 0.3) is 0 Å². The van der Waals surface area contributed by atoms with E-state index in [4.69, 9.17) is 4.74 Å². The molecule has 3 aliphatic rings. The van der Waals surface area contributed by atoms with Crippen LogP contribution in [0.15, 0.2) is 34.9 Å². The second-order valence-corrected chi connectivity index (χ2v) is 8.09. The molecule has 3 rings (SSSR count). The van der Waals surface area contributed by atoms with E-state index in [-0.39, 0.29) is 35.6 Å². The molecule has 0 bridgehead atoms. The fourth-order valence-corrected chi connectivity index (χ4v) is 5.86. The molecule has 3 heteroatoms. The summed E-state index contributed by atoms with van der Waals surface area (Å²) < 4.78 is 6.52. The van der Waals surface area contributed by atoms with Gasteiger partial charge in [-0.05, 0) is 38.8 Å². The minimum atomic E-state index is -0.838. The van der Waals surface area contributed by atoms with Crippen LogP contribution in [0.4, 0.5) is 0 Å². The van der Waals surface area contributed by atoms with Crippen molar-refractivity contribution in [3.05, 3.63) is 34.9 Å². The molecule has 0 aromatic carbocycles. The lowest BCUT2D eigenvalue weighted by Crippen LogP contribution is -2.54. The fourth-order valence-electron chi connectivity index (χ4n) is 5.86. The van der Waals surface area contributed by atoms with Crippen molar-refractivity contribution in [2.45, 2.75) is 53.8 Å². The lowest BCUT2D eigenvalue weighted by atomic mass is 9.50. The highest BCUT2D eigenvalue weighted by Gasteiger charge is 2.71. The summed E-state index contributed by atoms with van der Waals surface area (Å²) in [7, 11) is 0. The predicted molar refractivity (Wildman–Crippen MR) is 90.9 cm³/mol. The van der Waals surface area contributed by atoms with Crippen LogP contribution in [-0.4, -0.2) is 30.2 Å². The van der Waals surface area contributed by atoms with Crippen molar-refractivity contribution in [3.63, 3.8) is 0 Å². The molecule has 0 saturated carbocycles. The number of ether oxygens (including phenoxy) is 1. The molecule has 1 N–H and O–H groups in total. The molecule has 23 heavy (non-hydrogen) atoms. The van der Waals surface area contributed by atoms with Gasteiger partial charge < -0.3 is 14.6 Å². The zero-order valence-corrected chi connectivity index (χ0v) is 15.0. The molecular weight excluding hydrogens is 288 g/mol. The second-order valence-electron chi connectivity index (χ2n) is 8.09. The van der Waals surface area contributed by atoms with Gasteiger partial charge in [-0.25, -0.2) is 0 Å². The van der Waals surface area contributed by atoms with Crippen LogP contribution in [0.5, 0.6) is 0 Å². The Labute approximate surface area is 139 Å². The van der Waals surface area contributed by atoms with Gasteiger partial charge in [0.05, 0.1) is 24.2 Å². The summed E-state index contributed by atoms with van der Waals surface area (Å²) in [6.07, 6.45) is 7.30. The van der Waals surface area contributed by atoms with Crippen LogP contribution in [0.3, 0.4) is 0 Å². The van der Waals surface area contributed by atoms with Gasteiger partial charge in [0.15, 0.2) is 0 Å². The van der Waals surface area contributed by atoms with E-state index in [1.807, 2.05) is 19.9 Å². The molecule has 126 valence electrons. The number of aliphatic hydroxyl groups is 1. The minimum absolute atomic E-state index is 0.00643. The first-order valence-electron chi connectivity index (χ1n) is 8.46. The molecule has 0 aromatic heterocycles. The van der Waals surface area contributed by atoms with E-state index in [1.54, 1.807) is 0 Å². The molecule has 2 aliphatic carbocycles. The number of allylic oxidation sites excluding steroid dienone is 2. The first kappa shape index (κ1) is 16.7. The highest BCUT2D eigenvalue weighted by atomic mass is 16.5. The molecular formula is C20H28O3. The van der Waals surface area contributed by atoms with Gasteiger partial charge in [0.25, 0.3) is 0 Å². The zero-order chi connectivity index (χ0) is 17.2. The molecule has 1 aliphatic heterocycles. The third-order valence-corrected chi connectivity index (χ3v) is 6.91. The monoisotopic (exact) mass is 316 g/mol. The molecule has 0 unspecified atom stereocenters. The third-order valence-electron chi connectivity index (χ3n) is 6.91. The van der Waals surface area contributed by atoms with Gasteiger partial charge >= 0.3 is 0 Å². The Hall–Kier alpha value is -1.19. The molecule has 1 fully saturated rings. The lowest BCUT2D eigenvalue weighted by Gasteiger charge is -2.51. The highest BCUT2D eigenvalue weighted by molar-refractivity contribution is 5.68. The number of rotatable bonds is 3. The van der Waals surface area contributed by atoms with E-state index in [0.717, 1.165) is 11.9 Å². The Kier molecular flexibility index (Phi) is 3.55. The number of hydrogen-bond acceptors (Lipinski definition) is 3. The summed E-state index contributed by atoms with van der Waals surface area (Å²) in [5, 5.41) is 10.1. The SMILES string of the molecule is C/C=C(\C)[C@H]1O[C@@H]2C(C)=C[C@@](C=O)(CO)[C@@H]3C(C)=C[C@@]1(C)[C@]23C. The van der Waals surface area contributed by atoms with Gasteiger partial charge in [-0.15, -0.1) is 0 Å². The molecule has 3 nitrogen and oxygen atoms in total. The largest absolute Gasteiger partial charge is 0.395 e. The summed E-state index contributed by atoms with van der Waals surface area (Å²) in [5.74, 6) is -0.0224. The Bertz CT molecular complexity index is 643. The summed E-state index contributed by atoms with van der Waals surface area (Å²) >= 11 is 0. The van der Waals surface area contributed by atoms with E-state index < -0.39 is 5.41 Å². The Morgan fingerprint density at radius 1 is 1.30 bits per heavy atom. The van der Waals surface area contributed by atoms with E-state index in [2.05, 4.69) is 39.8 Å². The quantitative estimate of drug-likeness (QED) is 0.641. The third kappa shape index (κ3) is 1.70. The van der Waals surface area contributed by atoms with Gasteiger partial charge in [-0.2, -0.15) is 0 Å². The maximum Gasteiger partial charge on any atom is 0.132 e. The summed E-state index contributed by atoms with van der Waals surface area (Å²) in [5.41, 5.74) is 2.24. The van der Waals surface area contributed by atoms with Crippen molar-refractivity contribution in [3.8, 4) is 0 Å². The summed E-state index contributed by atoms with van der Waals surface area (Å²) in [6.45, 7) is 12.6. The molecule has 0 amide bonds. The average Bonchev–Trinajstić information content (AvgIpc) is 2.87. The van der Waals surface area contributed by atoms with Gasteiger partial charge in [0.1, 0.15) is 6.29 Å². The molecule has 1 saturated heterocycles. The van der Waals surface area contributed by atoms with Crippen LogP contribution >= 0.6 is 0 Å². The van der Waals surface area contributed by atoms with Gasteiger partial charge in [0.2, 0.25) is 0 Å². The van der Waals surface area contributed by atoms with Crippen molar-refractivity contribution in [2.24, 2.45) is 22.2 Å². The van der Waals surface area contributed by atoms with Crippen molar-refractivity contribution < 1.29 is 14.6 Å². The van der Waals surface area contributed by atoms with Crippen LogP contribution in [-0.2, 0) is 9.53 Å². The van der Waals surface area contributed by atoms with Crippen LogP contribution in [0, 0.1) is 22.2 Å². The number of hydrogen-bond donors (Lipinski definition) is 1. The Balaban J connectivity index is 2.27. The van der Waals surface area contributed by atoms with E-state index in [0.29, 0.717) is 0 Å². The standard InChI is InChI=1S/C20H28O3/c1-7-12(2)16-18(5)8-13(3)15-19(18,6)17(23-16)14(4)9-20(15,10-21)11-22/h7-10,15-17,22H,11H2,1-6H3/b12-7+/t15-,16-,17-,18-,19+,20-/m1/s1. The fraction of sp³-hybridized carbons (Fsp3) is 0.650. The van der Waals surface area contributed by atoms with E-state index >= 15 is 0 Å². The first-order valence-corrected chi connectivity index (χ1v) is 8.46. The van der Waals surface area contributed by atoms with Crippen molar-refractivity contribution in [1.82, 2.24) is 0 Å². The van der Waals surface area contributed by atoms with Crippen molar-refractivity contribution in [1.29, 1.82) is 0 Å². The second kappa shape index (κ2) is 4.90. The maximum atomic E-state index is 12.0. The molecule has 0 aromatic rings. The molecule has 0 spiro atoms. The molecule has 6 atom stereocenters. The number of aliphatic hydroxyl groups excluding tert-OH is 1. The van der Waals surface area contributed by atoms with Gasteiger partial charge in [-0.1, -0.05) is 37.6 Å². The summed E-state index contributed by atoms with van der Waals surface area (Å²) in [6, 6.07) is 0. The number of carbonyl (C=O) groups is 1. The van der Waals surface area contributed by atoms with E-state index in [9.17, 15) is 9.90 Å². The molecule has 0 radical (unpaired) electrons. The van der Waals surface area contributed by atoms with Crippen LogP contribution < -0.4 is 0 Å². The summed E-state index contributed by atoms with van der Waals surface area (Å²) in [4.78, 5) is 12.0. The normalized spacial score (nSPS) is 48.8. The maximum absolute atomic E-state index is 12.0. The van der Waals surface area contributed by atoms with Gasteiger partial charge in [0, 0.05) is 16.7 Å². The number of aldehydes is 1. The molecule has 1 heterocycles. The smallest absolute Gasteiger partial charge is 0.132 e. The van der Waals surface area contributed by atoms with Crippen LogP contribution in [0.2, 0.25) is 0 Å². The van der Waals surface area contributed by atoms with Crippen molar-refractivity contribution in [2.75, 3.05) is 6.61 Å². The van der Waals surface area contributed by atoms with Crippen molar-refractivity contribution >= 4 is 6.29 Å². The first-order chi connectivity index (χ1) is 10.7. The van der Waals surface area contributed by atoms with E-state index in [1.165, 1.54) is 11.1 Å². The Morgan fingerprint density at radius 3 is 2.48 bits per heavy atom. The minimum Gasteiger partial charge on any atom is -0.395 e. The predicted octanol–water partition coefficient (Wildman–Crippen LogP) is 3.45. The average molecular weight is 316 g/mol. The topological polar surface area (TPSA) is 46.5 Å². The lowest BCUT2D eigenvalue weighted by molar-refractivity contribution is -0.123.